The summed E-state index contributed by atoms with van der Waals surface area (Å²) in [5, 5.41) is 12.4. The van der Waals surface area contributed by atoms with Gasteiger partial charge in [0.1, 0.15) is 5.82 Å². The summed E-state index contributed by atoms with van der Waals surface area (Å²) in [5.41, 5.74) is 0.462. The zero-order chi connectivity index (χ0) is 12.1. The molecule has 0 saturated carbocycles. The molecule has 86 valence electrons. The second kappa shape index (κ2) is 5.23. The lowest BCUT2D eigenvalue weighted by Crippen LogP contribution is -2.29. The van der Waals surface area contributed by atoms with Crippen molar-refractivity contribution in [3.63, 3.8) is 0 Å². The van der Waals surface area contributed by atoms with Crippen molar-refractivity contribution in [2.24, 2.45) is 0 Å². The number of anilines is 1. The van der Waals surface area contributed by atoms with Crippen molar-refractivity contribution < 1.29 is 9.90 Å². The van der Waals surface area contributed by atoms with Crippen LogP contribution >= 0.6 is 0 Å². The molecule has 2 N–H and O–H groups in total. The van der Waals surface area contributed by atoms with E-state index in [2.05, 4.69) is 10.3 Å². The second-order valence-corrected chi connectivity index (χ2v) is 3.49. The van der Waals surface area contributed by atoms with Crippen molar-refractivity contribution in [1.82, 2.24) is 4.98 Å². The fourth-order valence-electron chi connectivity index (χ4n) is 1.41. The van der Waals surface area contributed by atoms with E-state index in [9.17, 15) is 9.90 Å². The van der Waals surface area contributed by atoms with Gasteiger partial charge in [0, 0.05) is 11.8 Å². The van der Waals surface area contributed by atoms with Gasteiger partial charge in [-0.3, -0.25) is 4.79 Å². The Morgan fingerprint density at radius 2 is 1.82 bits per heavy atom. The fourth-order valence-corrected chi connectivity index (χ4v) is 1.41. The first kappa shape index (κ1) is 11.3. The molecule has 1 aromatic carbocycles. The average Bonchev–Trinajstić information content (AvgIpc) is 2.40. The van der Waals surface area contributed by atoms with Crippen LogP contribution in [0.3, 0.4) is 0 Å². The Morgan fingerprint density at radius 3 is 2.47 bits per heavy atom. The first-order valence-corrected chi connectivity index (χ1v) is 5.22. The topological polar surface area (TPSA) is 62.2 Å². The van der Waals surface area contributed by atoms with Crippen molar-refractivity contribution in [3.8, 4) is 0 Å². The smallest absolute Gasteiger partial charge is 0.211 e. The molecule has 1 heterocycles. The minimum Gasteiger partial charge on any atom is -0.367 e. The van der Waals surface area contributed by atoms with Crippen LogP contribution in [-0.4, -0.2) is 22.1 Å². The number of Topliss-reactive ketones (excluding diaryl/α,β-unsaturated/α-hetero) is 1. The summed E-state index contributed by atoms with van der Waals surface area (Å²) in [6, 6.07) is 13.8. The normalized spacial score (nSPS) is 11.8. The molecule has 1 unspecified atom stereocenters. The van der Waals surface area contributed by atoms with E-state index in [4.69, 9.17) is 0 Å². The van der Waals surface area contributed by atoms with Gasteiger partial charge < -0.3 is 10.4 Å². The summed E-state index contributed by atoms with van der Waals surface area (Å²) in [6.45, 7) is 0. The molecule has 2 rings (SSSR count). The number of benzene rings is 1. The van der Waals surface area contributed by atoms with Crippen LogP contribution in [0.5, 0.6) is 0 Å². The van der Waals surface area contributed by atoms with Crippen LogP contribution in [0, 0.1) is 0 Å². The zero-order valence-corrected chi connectivity index (χ0v) is 9.08. The van der Waals surface area contributed by atoms with Gasteiger partial charge in [-0.25, -0.2) is 4.98 Å². The van der Waals surface area contributed by atoms with E-state index < -0.39 is 6.23 Å². The highest BCUT2D eigenvalue weighted by molar-refractivity contribution is 6.00. The number of aliphatic hydroxyl groups excluding tert-OH is 1. The molecular formula is C13H12N2O2. The van der Waals surface area contributed by atoms with Crippen LogP contribution in [-0.2, 0) is 0 Å². The minimum atomic E-state index is -1.28. The summed E-state index contributed by atoms with van der Waals surface area (Å²) in [5.74, 6) is 0.0838. The zero-order valence-electron chi connectivity index (χ0n) is 9.08. The predicted octanol–water partition coefficient (Wildman–Crippen LogP) is 1.69. The highest BCUT2D eigenvalue weighted by Gasteiger charge is 2.16. The van der Waals surface area contributed by atoms with Gasteiger partial charge >= 0.3 is 0 Å². The van der Waals surface area contributed by atoms with Gasteiger partial charge in [-0.15, -0.1) is 0 Å². The third kappa shape index (κ3) is 2.89. The van der Waals surface area contributed by atoms with Crippen molar-refractivity contribution in [3.05, 3.63) is 60.3 Å². The third-order valence-electron chi connectivity index (χ3n) is 2.26. The highest BCUT2D eigenvalue weighted by atomic mass is 16.3. The maximum atomic E-state index is 11.8. The number of carbonyl (C=O) groups excluding carboxylic acids is 1. The Morgan fingerprint density at radius 1 is 1.12 bits per heavy atom. The summed E-state index contributed by atoms with van der Waals surface area (Å²) >= 11 is 0. The molecule has 0 aliphatic heterocycles. The summed E-state index contributed by atoms with van der Waals surface area (Å²) in [6.07, 6.45) is 0.300. The molecule has 1 aromatic heterocycles. The van der Waals surface area contributed by atoms with Gasteiger partial charge in [0.2, 0.25) is 5.78 Å². The van der Waals surface area contributed by atoms with Gasteiger partial charge in [0.25, 0.3) is 0 Å². The van der Waals surface area contributed by atoms with E-state index in [0.29, 0.717) is 11.4 Å². The number of rotatable bonds is 4. The van der Waals surface area contributed by atoms with Crippen LogP contribution in [0.25, 0.3) is 0 Å². The van der Waals surface area contributed by atoms with Crippen LogP contribution in [0.2, 0.25) is 0 Å². The molecule has 0 spiro atoms. The largest absolute Gasteiger partial charge is 0.367 e. The standard InChI is InChI=1S/C13H12N2O2/c16-12(10-6-2-1-3-7-10)13(17)15-11-8-4-5-9-14-11/h1-9,13,17H,(H,14,15). The maximum Gasteiger partial charge on any atom is 0.211 e. The first-order valence-electron chi connectivity index (χ1n) is 5.22. The van der Waals surface area contributed by atoms with E-state index in [-0.39, 0.29) is 5.78 Å². The Bertz CT molecular complexity index is 485. The number of ketones is 1. The predicted molar refractivity (Wildman–Crippen MR) is 64.6 cm³/mol. The maximum absolute atomic E-state index is 11.8. The molecule has 1 atom stereocenters. The van der Waals surface area contributed by atoms with E-state index in [1.54, 1.807) is 48.7 Å². The molecule has 0 aliphatic carbocycles. The number of carbonyl (C=O) groups is 1. The Kier molecular flexibility index (Phi) is 3.47. The quantitative estimate of drug-likeness (QED) is 0.617. The lowest BCUT2D eigenvalue weighted by Gasteiger charge is -2.11. The van der Waals surface area contributed by atoms with Gasteiger partial charge in [-0.05, 0) is 12.1 Å². The molecule has 0 amide bonds. The Hall–Kier alpha value is -2.20. The van der Waals surface area contributed by atoms with Crippen molar-refractivity contribution in [2.75, 3.05) is 5.32 Å². The third-order valence-corrected chi connectivity index (χ3v) is 2.26. The molecule has 0 bridgehead atoms. The number of hydrogen-bond donors (Lipinski definition) is 2. The molecule has 4 heteroatoms. The van der Waals surface area contributed by atoms with Crippen molar-refractivity contribution in [2.45, 2.75) is 6.23 Å². The number of pyridine rings is 1. The Balaban J connectivity index is 2.06. The van der Waals surface area contributed by atoms with E-state index in [1.807, 2.05) is 6.07 Å². The lowest BCUT2D eigenvalue weighted by molar-refractivity contribution is 0.0793. The molecule has 0 radical (unpaired) electrons. The summed E-state index contributed by atoms with van der Waals surface area (Å²) < 4.78 is 0. The number of nitrogens with zero attached hydrogens (tertiary/aromatic N) is 1. The number of aromatic nitrogens is 1. The van der Waals surface area contributed by atoms with E-state index >= 15 is 0 Å². The molecule has 0 fully saturated rings. The second-order valence-electron chi connectivity index (χ2n) is 3.49. The van der Waals surface area contributed by atoms with Crippen LogP contribution in [0.1, 0.15) is 10.4 Å². The summed E-state index contributed by atoms with van der Waals surface area (Å²) in [7, 11) is 0. The van der Waals surface area contributed by atoms with Crippen molar-refractivity contribution in [1.29, 1.82) is 0 Å². The lowest BCUT2D eigenvalue weighted by atomic mass is 10.1. The SMILES string of the molecule is O=C(c1ccccc1)C(O)Nc1ccccn1. The van der Waals surface area contributed by atoms with Gasteiger partial charge in [-0.1, -0.05) is 36.4 Å². The van der Waals surface area contributed by atoms with Crippen LogP contribution < -0.4 is 5.32 Å². The monoisotopic (exact) mass is 228 g/mol. The number of aliphatic hydroxyl groups is 1. The molecule has 0 aliphatic rings. The average molecular weight is 228 g/mol. The first-order chi connectivity index (χ1) is 8.27. The van der Waals surface area contributed by atoms with Crippen LogP contribution in [0.15, 0.2) is 54.7 Å². The molecule has 0 saturated heterocycles. The van der Waals surface area contributed by atoms with Crippen molar-refractivity contribution >= 4 is 11.6 Å². The molecule has 17 heavy (non-hydrogen) atoms. The van der Waals surface area contributed by atoms with Gasteiger partial charge in [0.05, 0.1) is 0 Å². The molecule has 2 aromatic rings. The molecule has 4 nitrogen and oxygen atoms in total. The number of hydrogen-bond acceptors (Lipinski definition) is 4. The summed E-state index contributed by atoms with van der Waals surface area (Å²) in [4.78, 5) is 15.8. The van der Waals surface area contributed by atoms with Gasteiger partial charge in [-0.2, -0.15) is 0 Å². The van der Waals surface area contributed by atoms with Gasteiger partial charge in [0.15, 0.2) is 6.23 Å². The minimum absolute atomic E-state index is 0.378. The highest BCUT2D eigenvalue weighted by Crippen LogP contribution is 2.07. The van der Waals surface area contributed by atoms with E-state index in [0.717, 1.165) is 0 Å². The Labute approximate surface area is 98.9 Å². The van der Waals surface area contributed by atoms with E-state index in [1.165, 1.54) is 0 Å². The number of nitrogens with one attached hydrogen (secondary N) is 1. The van der Waals surface area contributed by atoms with Crippen LogP contribution in [0.4, 0.5) is 5.82 Å². The molecular weight excluding hydrogens is 216 g/mol. The fraction of sp³-hybridized carbons (Fsp3) is 0.0769.